The van der Waals surface area contributed by atoms with Gasteiger partial charge in [0, 0.05) is 47.9 Å². The van der Waals surface area contributed by atoms with Gasteiger partial charge >= 0.3 is 5.69 Å². The monoisotopic (exact) mass is 473 g/mol. The highest BCUT2D eigenvalue weighted by Gasteiger charge is 2.19. The Labute approximate surface area is 191 Å². The summed E-state index contributed by atoms with van der Waals surface area (Å²) in [6.07, 6.45) is 0. The number of nitrogens with zero attached hydrogens (tertiary/aromatic N) is 5. The van der Waals surface area contributed by atoms with E-state index in [1.807, 2.05) is 34.9 Å². The predicted octanol–water partition coefficient (Wildman–Crippen LogP) is 3.93. The molecule has 7 nitrogen and oxygen atoms in total. The summed E-state index contributed by atoms with van der Waals surface area (Å²) in [5, 5.41) is 10.3. The van der Waals surface area contributed by atoms with Crippen molar-refractivity contribution < 1.29 is 0 Å². The second kappa shape index (κ2) is 8.74. The van der Waals surface area contributed by atoms with Crippen molar-refractivity contribution in [3.63, 3.8) is 0 Å². The quantitative estimate of drug-likeness (QED) is 0.410. The molecule has 0 fully saturated rings. The van der Waals surface area contributed by atoms with Crippen molar-refractivity contribution in [1.82, 2.24) is 23.9 Å². The Kier molecular flexibility index (Phi) is 6.04. The van der Waals surface area contributed by atoms with Crippen molar-refractivity contribution in [2.75, 3.05) is 0 Å². The molecular formula is C21H17Cl2N5O2S. The van der Waals surface area contributed by atoms with E-state index in [1.165, 1.54) is 29.4 Å². The molecule has 0 aliphatic rings. The molecule has 2 heterocycles. The molecular weight excluding hydrogens is 457 g/mol. The SMILES string of the molecule is Cn1c(CSc2nnc(-c3ccc(Cl)cc3Cl)n2-c2ccccc2)cc(=O)n(C)c1=O. The molecule has 0 radical (unpaired) electrons. The van der Waals surface area contributed by atoms with Crippen LogP contribution in [-0.2, 0) is 19.8 Å². The van der Waals surface area contributed by atoms with E-state index < -0.39 is 0 Å². The van der Waals surface area contributed by atoms with E-state index >= 15 is 0 Å². The Balaban J connectivity index is 1.78. The van der Waals surface area contributed by atoms with Gasteiger partial charge in [-0.2, -0.15) is 0 Å². The molecule has 0 saturated carbocycles. The van der Waals surface area contributed by atoms with E-state index in [0.717, 1.165) is 10.3 Å². The second-order valence-corrected chi connectivity index (χ2v) is 8.55. The Morgan fingerprint density at radius 2 is 1.68 bits per heavy atom. The minimum Gasteiger partial charge on any atom is -0.300 e. The lowest BCUT2D eigenvalue weighted by Crippen LogP contribution is -2.37. The topological polar surface area (TPSA) is 74.7 Å². The van der Waals surface area contributed by atoms with Crippen LogP contribution >= 0.6 is 35.0 Å². The van der Waals surface area contributed by atoms with Gasteiger partial charge in [0.05, 0.1) is 5.02 Å². The summed E-state index contributed by atoms with van der Waals surface area (Å²) >= 11 is 13.8. The normalized spacial score (nSPS) is 11.1. The van der Waals surface area contributed by atoms with E-state index in [9.17, 15) is 9.59 Å². The van der Waals surface area contributed by atoms with Crippen LogP contribution in [0.2, 0.25) is 10.0 Å². The average molecular weight is 474 g/mol. The van der Waals surface area contributed by atoms with Crippen molar-refractivity contribution in [3.8, 4) is 17.1 Å². The Bertz CT molecular complexity index is 1380. The molecule has 0 spiro atoms. The number of rotatable bonds is 5. The molecule has 4 rings (SSSR count). The van der Waals surface area contributed by atoms with Crippen molar-refractivity contribution >= 4 is 35.0 Å². The zero-order chi connectivity index (χ0) is 22.1. The van der Waals surface area contributed by atoms with Crippen LogP contribution in [-0.4, -0.2) is 23.9 Å². The van der Waals surface area contributed by atoms with Crippen molar-refractivity contribution in [2.45, 2.75) is 10.9 Å². The van der Waals surface area contributed by atoms with Gasteiger partial charge in [-0.1, -0.05) is 53.2 Å². The van der Waals surface area contributed by atoms with Crippen LogP contribution in [0.5, 0.6) is 0 Å². The van der Waals surface area contributed by atoms with Gasteiger partial charge in [-0.25, -0.2) is 4.79 Å². The molecule has 158 valence electrons. The van der Waals surface area contributed by atoms with Gasteiger partial charge in [-0.15, -0.1) is 10.2 Å². The highest BCUT2D eigenvalue weighted by Crippen LogP contribution is 2.34. The van der Waals surface area contributed by atoms with Crippen LogP contribution in [0.4, 0.5) is 0 Å². The first-order chi connectivity index (χ1) is 14.9. The summed E-state index contributed by atoms with van der Waals surface area (Å²) in [5.41, 5.74) is 1.41. The summed E-state index contributed by atoms with van der Waals surface area (Å²) in [4.78, 5) is 24.3. The molecule has 0 bridgehead atoms. The van der Waals surface area contributed by atoms with E-state index in [1.54, 1.807) is 25.2 Å². The Morgan fingerprint density at radius 3 is 2.39 bits per heavy atom. The fourth-order valence-electron chi connectivity index (χ4n) is 3.07. The molecule has 0 aliphatic carbocycles. The lowest BCUT2D eigenvalue weighted by Gasteiger charge is -2.12. The van der Waals surface area contributed by atoms with Gasteiger partial charge in [0.25, 0.3) is 5.56 Å². The predicted molar refractivity (Wildman–Crippen MR) is 123 cm³/mol. The third-order valence-corrected chi connectivity index (χ3v) is 6.30. The molecule has 4 aromatic rings. The maximum absolute atomic E-state index is 12.2. The van der Waals surface area contributed by atoms with E-state index in [2.05, 4.69) is 10.2 Å². The van der Waals surface area contributed by atoms with Crippen LogP contribution in [0.15, 0.2) is 69.3 Å². The lowest BCUT2D eigenvalue weighted by molar-refractivity contribution is 0.664. The highest BCUT2D eigenvalue weighted by atomic mass is 35.5. The molecule has 0 amide bonds. The van der Waals surface area contributed by atoms with Gasteiger partial charge < -0.3 is 0 Å². The molecule has 0 unspecified atom stereocenters. The van der Waals surface area contributed by atoms with Gasteiger partial charge in [0.2, 0.25) is 0 Å². The number of thioether (sulfide) groups is 1. The Hall–Kier alpha value is -2.81. The van der Waals surface area contributed by atoms with Crippen LogP contribution in [0, 0.1) is 0 Å². The minimum atomic E-state index is -0.374. The number of aromatic nitrogens is 5. The summed E-state index contributed by atoms with van der Waals surface area (Å²) < 4.78 is 4.41. The van der Waals surface area contributed by atoms with Crippen LogP contribution < -0.4 is 11.2 Å². The summed E-state index contributed by atoms with van der Waals surface area (Å²) in [6, 6.07) is 16.3. The smallest absolute Gasteiger partial charge is 0.300 e. The zero-order valence-corrected chi connectivity index (χ0v) is 18.9. The first-order valence-corrected chi connectivity index (χ1v) is 11.0. The Morgan fingerprint density at radius 1 is 0.935 bits per heavy atom. The third-order valence-electron chi connectivity index (χ3n) is 4.79. The summed E-state index contributed by atoms with van der Waals surface area (Å²) in [5.74, 6) is 0.925. The highest BCUT2D eigenvalue weighted by molar-refractivity contribution is 7.98. The van der Waals surface area contributed by atoms with Crippen LogP contribution in [0.1, 0.15) is 5.69 Å². The molecule has 0 N–H and O–H groups in total. The molecule has 0 aliphatic heterocycles. The molecule has 0 atom stereocenters. The summed E-state index contributed by atoms with van der Waals surface area (Å²) in [7, 11) is 3.09. The second-order valence-electron chi connectivity index (χ2n) is 6.76. The fourth-order valence-corrected chi connectivity index (χ4v) is 4.54. The van der Waals surface area contributed by atoms with Crippen molar-refractivity contribution in [3.05, 3.63) is 91.2 Å². The van der Waals surface area contributed by atoms with Gasteiger partial charge in [-0.3, -0.25) is 18.5 Å². The largest absolute Gasteiger partial charge is 0.330 e. The number of hydrogen-bond acceptors (Lipinski definition) is 5. The number of para-hydroxylation sites is 1. The molecule has 2 aromatic carbocycles. The maximum Gasteiger partial charge on any atom is 0.330 e. The molecule has 10 heteroatoms. The fraction of sp³-hybridized carbons (Fsp3) is 0.143. The van der Waals surface area contributed by atoms with Gasteiger partial charge in [0.15, 0.2) is 11.0 Å². The minimum absolute atomic E-state index is 0.350. The van der Waals surface area contributed by atoms with Crippen LogP contribution in [0.25, 0.3) is 17.1 Å². The van der Waals surface area contributed by atoms with Crippen molar-refractivity contribution in [1.29, 1.82) is 0 Å². The first-order valence-electron chi connectivity index (χ1n) is 9.22. The van der Waals surface area contributed by atoms with Gasteiger partial charge in [-0.05, 0) is 30.3 Å². The first kappa shape index (κ1) is 21.4. The summed E-state index contributed by atoms with van der Waals surface area (Å²) in [6.45, 7) is 0. The van der Waals surface area contributed by atoms with E-state index in [-0.39, 0.29) is 11.2 Å². The average Bonchev–Trinajstić information content (AvgIpc) is 3.18. The number of hydrogen-bond donors (Lipinski definition) is 0. The number of halogens is 2. The standard InChI is InChI=1S/C21H17Cl2N5O2S/c1-26-15(11-18(29)27(2)21(26)30)12-31-20-25-24-19(16-9-8-13(22)10-17(16)23)28(20)14-6-4-3-5-7-14/h3-11H,12H2,1-2H3. The van der Waals surface area contributed by atoms with E-state index in [0.29, 0.717) is 38.0 Å². The zero-order valence-electron chi connectivity index (χ0n) is 16.6. The van der Waals surface area contributed by atoms with Crippen molar-refractivity contribution in [2.24, 2.45) is 14.1 Å². The maximum atomic E-state index is 12.2. The lowest BCUT2D eigenvalue weighted by atomic mass is 10.2. The molecule has 0 saturated heterocycles. The number of benzene rings is 2. The third kappa shape index (κ3) is 4.19. The van der Waals surface area contributed by atoms with Gasteiger partial charge in [0.1, 0.15) is 0 Å². The van der Waals surface area contributed by atoms with Crippen LogP contribution in [0.3, 0.4) is 0 Å². The molecule has 2 aromatic heterocycles. The van der Waals surface area contributed by atoms with E-state index in [4.69, 9.17) is 23.2 Å². The molecule has 31 heavy (non-hydrogen) atoms.